The number of aromatic nitrogens is 1. The van der Waals surface area contributed by atoms with Gasteiger partial charge in [0.2, 0.25) is 11.8 Å². The quantitative estimate of drug-likeness (QED) is 0.0154. The molecule has 0 saturated carbocycles. The molecule has 0 aliphatic carbocycles. The number of hydrogen-bond acceptors (Lipinski definition) is 24. The number of halogens is 12. The number of likely N-dealkylation sites (N-methyl/N-ethyl adjacent to an activating group) is 1. The van der Waals surface area contributed by atoms with E-state index in [1.54, 1.807) is 31.3 Å². The number of carbonyl (C=O) groups is 2. The second-order valence-corrected chi connectivity index (χ2v) is 39.0. The van der Waals surface area contributed by atoms with Gasteiger partial charge in [0.1, 0.15) is 5.82 Å². The third-order valence-electron chi connectivity index (χ3n) is 25.3. The number of anilines is 9. The first-order valence-corrected chi connectivity index (χ1v) is 50.1. The van der Waals surface area contributed by atoms with Crippen LogP contribution in [0, 0.1) is 0 Å². The van der Waals surface area contributed by atoms with E-state index in [1.165, 1.54) is 89.5 Å². The van der Waals surface area contributed by atoms with Crippen LogP contribution in [0.3, 0.4) is 0 Å². The lowest BCUT2D eigenvalue weighted by molar-refractivity contribution is -0.138. The van der Waals surface area contributed by atoms with Gasteiger partial charge >= 0.3 is 24.7 Å². The molecule has 17 rings (SSSR count). The van der Waals surface area contributed by atoms with Crippen molar-refractivity contribution in [1.29, 1.82) is 0 Å². The number of carbonyl (C=O) groups excluding carboxylic acids is 2. The maximum atomic E-state index is 13.4. The van der Waals surface area contributed by atoms with Gasteiger partial charge in [0.25, 0.3) is 0 Å². The summed E-state index contributed by atoms with van der Waals surface area (Å²) in [4.78, 5) is 62.7. The highest BCUT2D eigenvalue weighted by molar-refractivity contribution is 8.00. The topological polar surface area (TPSA) is 212 Å². The minimum atomic E-state index is -4.37. The van der Waals surface area contributed by atoms with Crippen molar-refractivity contribution < 1.29 is 62.3 Å². The van der Waals surface area contributed by atoms with Gasteiger partial charge in [-0.1, -0.05) is 102 Å². The molecule has 0 bridgehead atoms. The molecule has 0 radical (unpaired) electrons. The van der Waals surface area contributed by atoms with Crippen LogP contribution in [0.5, 0.6) is 0 Å². The normalized spacial score (nSPS) is 16.9. The average Bonchev–Trinajstić information content (AvgIpc) is 0.777. The summed E-state index contributed by atoms with van der Waals surface area (Å²) < 4.78 is 161. The monoisotopic (exact) mass is 1980 g/mol. The van der Waals surface area contributed by atoms with Gasteiger partial charge in [0, 0.05) is 235 Å². The summed E-state index contributed by atoms with van der Waals surface area (Å²) in [5.74, 6) is 0.794. The average molecular weight is 1980 g/mol. The second-order valence-electron chi connectivity index (χ2n) is 34.6. The molecule has 10 N–H and O–H groups in total. The second kappa shape index (κ2) is 49.4. The fourth-order valence-corrected chi connectivity index (χ4v) is 22.2. The Morgan fingerprint density at radius 2 is 0.628 bits per heavy atom. The van der Waals surface area contributed by atoms with E-state index in [1.807, 2.05) is 131 Å². The van der Waals surface area contributed by atoms with Gasteiger partial charge in [-0.3, -0.25) is 29.2 Å². The summed E-state index contributed by atoms with van der Waals surface area (Å²) >= 11 is 6.11. The zero-order valence-corrected chi connectivity index (χ0v) is 80.2. The lowest BCUT2D eigenvalue weighted by Crippen LogP contribution is -2.50. The number of nitrogens with zero attached hydrogens (tertiary/aromatic N) is 13. The molecule has 4 saturated heterocycles. The molecule has 22 nitrogen and oxygen atoms in total. The Labute approximate surface area is 811 Å². The van der Waals surface area contributed by atoms with Gasteiger partial charge in [-0.15, -0.1) is 0 Å². The van der Waals surface area contributed by atoms with Crippen molar-refractivity contribution in [2.24, 2.45) is 17.2 Å². The molecular weight excluding hydrogens is 1860 g/mol. The van der Waals surface area contributed by atoms with Crippen LogP contribution in [0.1, 0.15) is 47.9 Å². The van der Waals surface area contributed by atoms with E-state index in [4.69, 9.17) is 17.2 Å². The van der Waals surface area contributed by atoms with Crippen LogP contribution in [0.2, 0.25) is 0 Å². The van der Waals surface area contributed by atoms with Gasteiger partial charge in [-0.25, -0.2) is 4.98 Å². The molecule has 9 heterocycles. The van der Waals surface area contributed by atoms with Crippen molar-refractivity contribution >= 4 is 110 Å². The first-order valence-electron chi connectivity index (χ1n) is 46.9. The summed E-state index contributed by atoms with van der Waals surface area (Å²) in [5.41, 5.74) is 20.6. The van der Waals surface area contributed by atoms with Gasteiger partial charge in [0.15, 0.2) is 0 Å². The Bertz CT molecular complexity index is 5370. The van der Waals surface area contributed by atoms with E-state index < -0.39 is 53.0 Å². The number of nitrogens with two attached hydrogens (primary N) is 3. The van der Waals surface area contributed by atoms with Gasteiger partial charge in [-0.05, 0) is 192 Å². The number of pyridine rings is 1. The third-order valence-corrected chi connectivity index (χ3v) is 29.8. The zero-order chi connectivity index (χ0) is 96.6. The van der Waals surface area contributed by atoms with E-state index >= 15 is 0 Å². The van der Waals surface area contributed by atoms with Crippen LogP contribution in [-0.2, 0) is 34.3 Å². The summed E-state index contributed by atoms with van der Waals surface area (Å²) in [6, 6.07) is 53.2. The number of benzene rings is 8. The van der Waals surface area contributed by atoms with Crippen LogP contribution < -0.4 is 63.0 Å². The minimum absolute atomic E-state index is 0.00718. The number of rotatable bonds is 32. The number of para-hydroxylation sites is 4. The van der Waals surface area contributed by atoms with Crippen molar-refractivity contribution in [1.82, 2.24) is 60.6 Å². The lowest BCUT2D eigenvalue weighted by Gasteiger charge is -2.37. The van der Waals surface area contributed by atoms with Crippen molar-refractivity contribution in [3.63, 3.8) is 0 Å². The van der Waals surface area contributed by atoms with Crippen LogP contribution in [0.4, 0.5) is 104 Å². The summed E-state index contributed by atoms with van der Waals surface area (Å²) in [6.07, 6.45) is -12.2. The maximum absolute atomic E-state index is 13.4. The first-order chi connectivity index (χ1) is 66.0. The fourth-order valence-electron chi connectivity index (χ4n) is 17.9. The molecule has 8 aliphatic rings. The number of piperazine rings is 4. The molecule has 8 aromatic carbocycles. The fraction of sp³-hybridized carbons (Fsp3) is 0.444. The Morgan fingerprint density at radius 3 is 0.920 bits per heavy atom. The molecule has 738 valence electrons. The SMILES string of the molecule is CNCC(=O)NCCN1CCN(CCCN2c3ccccc3Sc3ccc(C(F)(F)F)cc32)CC1.FC(F)(F)c1ccc2c(c1)N(CCCN1CCN(c3ccccn3)CC1)c1ccccc1S2.NCC(N)C(=O)NCCN1CCN(CCCN2c3ccccc3Sc3ccc(C(F)(F)F)cc32)CC1.NCCNCCN1CCN(CCCN2c3ccccc3Sc3ccc(C(F)(F)F)cc32)CC1. The first kappa shape index (κ1) is 104. The molecule has 1 aromatic heterocycles. The molecular formula is C99H122F12N20O2S4. The van der Waals surface area contributed by atoms with Crippen molar-refractivity contribution in [2.45, 2.75) is 95.6 Å². The Balaban J connectivity index is 0.000000146. The molecule has 8 aliphatic heterocycles. The molecule has 4 fully saturated rings. The highest BCUT2D eigenvalue weighted by Crippen LogP contribution is 2.54. The molecule has 2 amide bonds. The molecule has 1 unspecified atom stereocenters. The van der Waals surface area contributed by atoms with Gasteiger partial charge < -0.3 is 77.7 Å². The number of hydrogen-bond donors (Lipinski definition) is 7. The van der Waals surface area contributed by atoms with Crippen molar-refractivity contribution in [3.05, 3.63) is 217 Å². The van der Waals surface area contributed by atoms with Gasteiger partial charge in [0.05, 0.1) is 80.3 Å². The zero-order valence-electron chi connectivity index (χ0n) is 77.0. The molecule has 137 heavy (non-hydrogen) atoms. The summed E-state index contributed by atoms with van der Waals surface area (Å²) in [5, 5.41) is 11.9. The highest BCUT2D eigenvalue weighted by atomic mass is 32.2. The van der Waals surface area contributed by atoms with Crippen molar-refractivity contribution in [3.8, 4) is 0 Å². The third kappa shape index (κ3) is 28.9. The van der Waals surface area contributed by atoms with Crippen molar-refractivity contribution in [2.75, 3.05) is 254 Å². The Kier molecular flexibility index (Phi) is 37.4. The van der Waals surface area contributed by atoms with Crippen LogP contribution in [-0.4, -0.2) is 287 Å². The summed E-state index contributed by atoms with van der Waals surface area (Å²) in [6.45, 7) is 28.4. The van der Waals surface area contributed by atoms with E-state index in [9.17, 15) is 62.3 Å². The van der Waals surface area contributed by atoms with E-state index in [0.717, 1.165) is 263 Å². The van der Waals surface area contributed by atoms with E-state index in [-0.39, 0.29) is 18.4 Å². The minimum Gasteiger partial charge on any atom is -0.354 e. The standard InChI is InChI=1S/C25H33F3N6OS.C25H32F3N5OS.C25H25F3N4S.C24H32F3N5S/c26-25(27,28)18-6-7-23-21(16-18)34(20-4-1-2-5-22(20)36-23)10-3-9-32-12-14-33(15-13-32)11-8-31-24(35)19(30)17-29;1-29-18-24(34)30-9-12-32-15-13-31(14-16-32)10-4-11-33-20-5-2-3-6-22(20)35-23-8-7-19(17-21(23)33)25(26,27)28;26-25(27,28)19-9-10-23-21(18-19)32(20-6-1-2-7-22(20)33-23)13-5-12-30-14-16-31(17-15-30)24-8-3-4-11-29-24;25-24(26,27)19-6-7-23-21(18-19)32(20-4-1-2-5-22(20)33-23)12-3-11-30-14-16-31(17-15-30)13-10-29-9-8-28/h1-2,4-7,16,19H,3,8-15,17,29-30H2,(H,31,35);2-3,5-8,17,29H,4,9-16,18H2,1H3,(H,30,34);1-4,6-11,18H,5,12-17H2;1-2,4-7,18,29H,3,8-17,28H2. The molecule has 0 spiro atoms. The molecule has 9 aromatic rings. The smallest absolute Gasteiger partial charge is 0.354 e. The van der Waals surface area contributed by atoms with Gasteiger partial charge in [-0.2, -0.15) is 52.7 Å². The Morgan fingerprint density at radius 1 is 0.343 bits per heavy atom. The predicted octanol–water partition coefficient (Wildman–Crippen LogP) is 16.1. The van der Waals surface area contributed by atoms with E-state index in [2.05, 4.69) is 75.3 Å². The maximum Gasteiger partial charge on any atom is 0.416 e. The number of amides is 2. The number of alkyl halides is 12. The predicted molar refractivity (Wildman–Crippen MR) is 525 cm³/mol. The number of nitrogens with one attached hydrogen (secondary N) is 4. The van der Waals surface area contributed by atoms with Crippen LogP contribution >= 0.6 is 47.0 Å². The van der Waals surface area contributed by atoms with E-state index in [0.29, 0.717) is 75.1 Å². The highest BCUT2D eigenvalue weighted by Gasteiger charge is 2.39. The lowest BCUT2D eigenvalue weighted by atomic mass is 10.1. The Hall–Kier alpha value is -9.07. The summed E-state index contributed by atoms with van der Waals surface area (Å²) in [7, 11) is 1.75. The van der Waals surface area contributed by atoms with Crippen LogP contribution in [0.15, 0.2) is 233 Å². The largest absolute Gasteiger partial charge is 0.416 e. The molecule has 1 atom stereocenters. The van der Waals surface area contributed by atoms with Crippen LogP contribution in [0.25, 0.3) is 0 Å². The molecule has 38 heteroatoms. The number of fused-ring (bicyclic) bond motifs is 8.